The molecule has 0 aliphatic carbocycles. The predicted octanol–water partition coefficient (Wildman–Crippen LogP) is 3.17. The predicted molar refractivity (Wildman–Crippen MR) is 86.0 cm³/mol. The zero-order valence-corrected chi connectivity index (χ0v) is 13.3. The summed E-state index contributed by atoms with van der Waals surface area (Å²) in [7, 11) is 0. The van der Waals surface area contributed by atoms with E-state index in [0.717, 1.165) is 25.8 Å². The number of rotatable bonds is 5. The van der Waals surface area contributed by atoms with Gasteiger partial charge in [0.15, 0.2) is 0 Å². The van der Waals surface area contributed by atoms with Gasteiger partial charge in [-0.1, -0.05) is 35.7 Å². The highest BCUT2D eigenvalue weighted by Crippen LogP contribution is 2.29. The fraction of sp³-hybridized carbons (Fsp3) is 0.533. The molecule has 1 unspecified atom stereocenters. The molecule has 1 aromatic rings. The van der Waals surface area contributed by atoms with Crippen molar-refractivity contribution in [2.45, 2.75) is 31.7 Å². The number of amides is 1. The van der Waals surface area contributed by atoms with E-state index in [4.69, 9.17) is 28.3 Å². The largest absolute Gasteiger partial charge is 0.396 e. The highest BCUT2D eigenvalue weighted by molar-refractivity contribution is 6.39. The number of carbonyl (C=O) groups is 1. The first kappa shape index (κ1) is 16.6. The first-order valence-electron chi connectivity index (χ1n) is 7.20. The summed E-state index contributed by atoms with van der Waals surface area (Å²) in [6, 6.07) is 5.40. The number of anilines is 1. The second-order valence-electron chi connectivity index (χ2n) is 5.28. The molecule has 0 saturated carbocycles. The van der Waals surface area contributed by atoms with Crippen LogP contribution in [0.1, 0.15) is 25.7 Å². The summed E-state index contributed by atoms with van der Waals surface area (Å²) in [5.41, 5.74) is 0.460. The number of benzene rings is 1. The molecule has 0 radical (unpaired) electrons. The van der Waals surface area contributed by atoms with E-state index < -0.39 is 0 Å². The minimum absolute atomic E-state index is 0.130. The molecule has 1 aromatic carbocycles. The Hall–Kier alpha value is -0.810. The maximum atomic E-state index is 12.2. The molecule has 1 saturated heterocycles. The monoisotopic (exact) mass is 330 g/mol. The molecule has 21 heavy (non-hydrogen) atoms. The van der Waals surface area contributed by atoms with E-state index in [1.165, 1.54) is 0 Å². The van der Waals surface area contributed by atoms with Gasteiger partial charge >= 0.3 is 0 Å². The molecule has 116 valence electrons. The molecule has 1 atom stereocenters. The van der Waals surface area contributed by atoms with Crippen LogP contribution in [0.4, 0.5) is 5.69 Å². The van der Waals surface area contributed by atoms with E-state index in [1.807, 2.05) is 0 Å². The van der Waals surface area contributed by atoms with Crippen molar-refractivity contribution in [3.8, 4) is 0 Å². The number of nitrogens with zero attached hydrogens (tertiary/aromatic N) is 1. The summed E-state index contributed by atoms with van der Waals surface area (Å²) in [4.78, 5) is 14.3. The minimum Gasteiger partial charge on any atom is -0.396 e. The average Bonchev–Trinajstić information content (AvgIpc) is 2.45. The number of aliphatic hydroxyl groups is 1. The normalized spacial score (nSPS) is 19.5. The van der Waals surface area contributed by atoms with Crippen LogP contribution in [0, 0.1) is 0 Å². The van der Waals surface area contributed by atoms with Gasteiger partial charge in [-0.2, -0.15) is 0 Å². The van der Waals surface area contributed by atoms with Gasteiger partial charge in [0.2, 0.25) is 5.91 Å². The second kappa shape index (κ2) is 7.99. The Morgan fingerprint density at radius 2 is 2.05 bits per heavy atom. The topological polar surface area (TPSA) is 52.6 Å². The number of para-hydroxylation sites is 1. The fourth-order valence-corrected chi connectivity index (χ4v) is 3.22. The van der Waals surface area contributed by atoms with Crippen LogP contribution in [-0.2, 0) is 4.79 Å². The number of carbonyl (C=O) groups excluding carboxylic acids is 1. The van der Waals surface area contributed by atoms with Crippen molar-refractivity contribution in [3.63, 3.8) is 0 Å². The van der Waals surface area contributed by atoms with Crippen molar-refractivity contribution >= 4 is 34.8 Å². The molecule has 1 aliphatic rings. The maximum absolute atomic E-state index is 12.2. The van der Waals surface area contributed by atoms with E-state index in [2.05, 4.69) is 10.2 Å². The highest BCUT2D eigenvalue weighted by Gasteiger charge is 2.24. The van der Waals surface area contributed by atoms with E-state index in [0.29, 0.717) is 28.7 Å². The Kier molecular flexibility index (Phi) is 6.30. The van der Waals surface area contributed by atoms with Crippen molar-refractivity contribution in [1.82, 2.24) is 4.90 Å². The van der Waals surface area contributed by atoms with Gasteiger partial charge in [-0.3, -0.25) is 9.69 Å². The van der Waals surface area contributed by atoms with Gasteiger partial charge in [-0.05, 0) is 37.9 Å². The third-order valence-corrected chi connectivity index (χ3v) is 4.42. The van der Waals surface area contributed by atoms with Crippen molar-refractivity contribution in [2.24, 2.45) is 0 Å². The van der Waals surface area contributed by atoms with Gasteiger partial charge in [0.25, 0.3) is 0 Å². The lowest BCUT2D eigenvalue weighted by Gasteiger charge is -2.34. The Balaban J connectivity index is 1.97. The van der Waals surface area contributed by atoms with Crippen LogP contribution in [-0.4, -0.2) is 41.7 Å². The second-order valence-corrected chi connectivity index (χ2v) is 6.09. The summed E-state index contributed by atoms with van der Waals surface area (Å²) in [6.45, 7) is 1.33. The highest BCUT2D eigenvalue weighted by atomic mass is 35.5. The van der Waals surface area contributed by atoms with E-state index in [-0.39, 0.29) is 18.6 Å². The summed E-state index contributed by atoms with van der Waals surface area (Å²) < 4.78 is 0. The lowest BCUT2D eigenvalue weighted by atomic mass is 10.00. The molecule has 0 bridgehead atoms. The average molecular weight is 331 g/mol. The molecule has 1 aliphatic heterocycles. The van der Waals surface area contributed by atoms with Crippen LogP contribution in [0.5, 0.6) is 0 Å². The molecule has 0 aromatic heterocycles. The van der Waals surface area contributed by atoms with Crippen LogP contribution in [0.25, 0.3) is 0 Å². The van der Waals surface area contributed by atoms with E-state index in [9.17, 15) is 4.79 Å². The van der Waals surface area contributed by atoms with Gasteiger partial charge in [0.1, 0.15) is 0 Å². The number of halogens is 2. The molecule has 6 heteroatoms. The molecule has 4 nitrogen and oxygen atoms in total. The standard InChI is InChI=1S/C15H20Cl2N2O2/c16-12-5-3-6-13(17)15(12)18-14(21)10-19-8-2-1-4-11(19)7-9-20/h3,5-6,11,20H,1-2,4,7-10H2,(H,18,21). The van der Waals surface area contributed by atoms with E-state index in [1.54, 1.807) is 18.2 Å². The van der Waals surface area contributed by atoms with Gasteiger partial charge in [0.05, 0.1) is 22.3 Å². The first-order valence-corrected chi connectivity index (χ1v) is 7.96. The Labute approximate surface area is 135 Å². The van der Waals surface area contributed by atoms with Gasteiger partial charge in [-0.25, -0.2) is 0 Å². The zero-order chi connectivity index (χ0) is 15.2. The SMILES string of the molecule is O=C(CN1CCCCC1CCO)Nc1c(Cl)cccc1Cl. The summed E-state index contributed by atoms with van der Waals surface area (Å²) in [6.07, 6.45) is 3.97. The van der Waals surface area contributed by atoms with Crippen molar-refractivity contribution < 1.29 is 9.90 Å². The van der Waals surface area contributed by atoms with Crippen LogP contribution >= 0.6 is 23.2 Å². The van der Waals surface area contributed by atoms with Crippen LogP contribution in [0.2, 0.25) is 10.0 Å². The molecule has 1 fully saturated rings. The third-order valence-electron chi connectivity index (χ3n) is 3.79. The zero-order valence-electron chi connectivity index (χ0n) is 11.8. The fourth-order valence-electron chi connectivity index (χ4n) is 2.72. The molecular weight excluding hydrogens is 311 g/mol. The third kappa shape index (κ3) is 4.58. The quantitative estimate of drug-likeness (QED) is 0.871. The van der Waals surface area contributed by atoms with Crippen LogP contribution in [0.15, 0.2) is 18.2 Å². The smallest absolute Gasteiger partial charge is 0.238 e. The molecule has 0 spiro atoms. The lowest BCUT2D eigenvalue weighted by molar-refractivity contribution is -0.118. The summed E-state index contributed by atoms with van der Waals surface area (Å²) in [5, 5.41) is 12.8. The minimum atomic E-state index is -0.130. The number of nitrogens with one attached hydrogen (secondary N) is 1. The molecule has 1 amide bonds. The van der Waals surface area contributed by atoms with Gasteiger partial charge in [-0.15, -0.1) is 0 Å². The number of likely N-dealkylation sites (tertiary alicyclic amines) is 1. The lowest BCUT2D eigenvalue weighted by Crippen LogP contribution is -2.44. The van der Waals surface area contributed by atoms with Crippen molar-refractivity contribution in [2.75, 3.05) is 25.0 Å². The Morgan fingerprint density at radius 3 is 2.71 bits per heavy atom. The van der Waals surface area contributed by atoms with Gasteiger partial charge in [0, 0.05) is 12.6 Å². The van der Waals surface area contributed by atoms with Crippen molar-refractivity contribution in [3.05, 3.63) is 28.2 Å². The molecule has 2 rings (SSSR count). The maximum Gasteiger partial charge on any atom is 0.238 e. The summed E-state index contributed by atoms with van der Waals surface area (Å²) >= 11 is 12.1. The van der Waals surface area contributed by atoms with Crippen LogP contribution < -0.4 is 5.32 Å². The molecular formula is C15H20Cl2N2O2. The Morgan fingerprint density at radius 1 is 1.33 bits per heavy atom. The molecule has 1 heterocycles. The van der Waals surface area contributed by atoms with Crippen LogP contribution in [0.3, 0.4) is 0 Å². The Bertz CT molecular complexity index is 474. The number of hydrogen-bond donors (Lipinski definition) is 2. The molecule has 2 N–H and O–H groups in total. The first-order chi connectivity index (χ1) is 10.1. The number of aliphatic hydroxyl groups excluding tert-OH is 1. The number of piperidine rings is 1. The van der Waals surface area contributed by atoms with Crippen molar-refractivity contribution in [1.29, 1.82) is 0 Å². The van der Waals surface area contributed by atoms with Gasteiger partial charge < -0.3 is 10.4 Å². The summed E-state index contributed by atoms with van der Waals surface area (Å²) in [5.74, 6) is -0.130. The van der Waals surface area contributed by atoms with E-state index >= 15 is 0 Å². The number of hydrogen-bond acceptors (Lipinski definition) is 3.